The molecule has 1 atom stereocenters. The molecule has 17 heavy (non-hydrogen) atoms. The van der Waals surface area contributed by atoms with Gasteiger partial charge in [-0.3, -0.25) is 4.79 Å². The highest BCUT2D eigenvalue weighted by Gasteiger charge is 2.40. The van der Waals surface area contributed by atoms with Crippen molar-refractivity contribution < 1.29 is 14.6 Å². The van der Waals surface area contributed by atoms with Crippen molar-refractivity contribution in [3.63, 3.8) is 0 Å². The van der Waals surface area contributed by atoms with Gasteiger partial charge in [0.2, 0.25) is 0 Å². The van der Waals surface area contributed by atoms with Crippen LogP contribution in [0.25, 0.3) is 0 Å². The minimum absolute atomic E-state index is 0.155. The van der Waals surface area contributed by atoms with Crippen LogP contribution in [0.5, 0.6) is 5.75 Å². The number of fused-ring (bicyclic) bond motifs is 1. The molecule has 0 aromatic heterocycles. The summed E-state index contributed by atoms with van der Waals surface area (Å²) >= 11 is 6.07. The fraction of sp³-hybridized carbons (Fsp3) is 0.417. The maximum atomic E-state index is 11.5. The summed E-state index contributed by atoms with van der Waals surface area (Å²) in [7, 11) is 0. The predicted molar refractivity (Wildman–Crippen MR) is 64.0 cm³/mol. The summed E-state index contributed by atoms with van der Waals surface area (Å²) in [5.74, 6) is -0.313. The highest BCUT2D eigenvalue weighted by Crippen LogP contribution is 2.42. The molecular weight excluding hydrogens is 242 g/mol. The average molecular weight is 256 g/mol. The zero-order chi connectivity index (χ0) is 12.6. The number of aliphatic hydroxyl groups is 1. The Balaban J connectivity index is 2.66. The Morgan fingerprint density at radius 3 is 2.94 bits per heavy atom. The van der Waals surface area contributed by atoms with E-state index in [-0.39, 0.29) is 6.42 Å². The van der Waals surface area contributed by atoms with Gasteiger partial charge in [0.15, 0.2) is 5.60 Å². The van der Waals surface area contributed by atoms with Gasteiger partial charge in [-0.25, -0.2) is 0 Å². The molecule has 0 spiro atoms. The fourth-order valence-electron chi connectivity index (χ4n) is 2.09. The van der Waals surface area contributed by atoms with Crippen molar-refractivity contribution >= 4 is 17.5 Å². The van der Waals surface area contributed by atoms with E-state index in [2.05, 4.69) is 0 Å². The third-order valence-electron chi connectivity index (χ3n) is 3.14. The summed E-state index contributed by atoms with van der Waals surface area (Å²) in [4.78, 5) is 11.5. The SMILES string of the molecule is CCC(O)(C(N)=O)c1c(Cl)ccc2c1OCC2. The number of rotatable bonds is 3. The van der Waals surface area contributed by atoms with Gasteiger partial charge in [0, 0.05) is 6.42 Å². The lowest BCUT2D eigenvalue weighted by Gasteiger charge is -2.26. The molecule has 1 aromatic rings. The van der Waals surface area contributed by atoms with E-state index in [1.54, 1.807) is 13.0 Å². The monoisotopic (exact) mass is 255 g/mol. The van der Waals surface area contributed by atoms with E-state index in [1.807, 2.05) is 6.07 Å². The zero-order valence-corrected chi connectivity index (χ0v) is 10.3. The number of carbonyl (C=O) groups is 1. The second-order valence-electron chi connectivity index (χ2n) is 4.09. The van der Waals surface area contributed by atoms with Crippen LogP contribution in [-0.4, -0.2) is 17.6 Å². The summed E-state index contributed by atoms with van der Waals surface area (Å²) in [6.45, 7) is 2.21. The summed E-state index contributed by atoms with van der Waals surface area (Å²) in [5, 5.41) is 10.7. The van der Waals surface area contributed by atoms with Crippen molar-refractivity contribution in [2.75, 3.05) is 6.61 Å². The van der Waals surface area contributed by atoms with Crippen LogP contribution in [0.4, 0.5) is 0 Å². The number of hydrogen-bond donors (Lipinski definition) is 2. The molecule has 0 radical (unpaired) electrons. The van der Waals surface area contributed by atoms with Crippen LogP contribution in [0, 0.1) is 0 Å². The molecule has 5 heteroatoms. The van der Waals surface area contributed by atoms with Crippen molar-refractivity contribution in [2.24, 2.45) is 5.73 Å². The molecule has 1 aromatic carbocycles. The lowest BCUT2D eigenvalue weighted by molar-refractivity contribution is -0.137. The molecule has 1 heterocycles. The van der Waals surface area contributed by atoms with Crippen LogP contribution in [0.3, 0.4) is 0 Å². The van der Waals surface area contributed by atoms with Gasteiger partial charge in [0.05, 0.1) is 17.2 Å². The first-order chi connectivity index (χ1) is 8.00. The molecule has 0 bridgehead atoms. The van der Waals surface area contributed by atoms with Gasteiger partial charge < -0.3 is 15.6 Å². The van der Waals surface area contributed by atoms with Gasteiger partial charge in [-0.05, 0) is 18.1 Å². The van der Waals surface area contributed by atoms with E-state index in [0.29, 0.717) is 22.9 Å². The minimum Gasteiger partial charge on any atom is -0.492 e. The van der Waals surface area contributed by atoms with Crippen LogP contribution < -0.4 is 10.5 Å². The zero-order valence-electron chi connectivity index (χ0n) is 9.50. The van der Waals surface area contributed by atoms with Crippen LogP contribution in [0.15, 0.2) is 12.1 Å². The molecule has 1 amide bonds. The molecule has 4 nitrogen and oxygen atoms in total. The first-order valence-corrected chi connectivity index (χ1v) is 5.85. The summed E-state index contributed by atoms with van der Waals surface area (Å²) in [6, 6.07) is 3.50. The minimum atomic E-state index is -1.77. The van der Waals surface area contributed by atoms with E-state index in [4.69, 9.17) is 22.1 Å². The first-order valence-electron chi connectivity index (χ1n) is 5.47. The molecule has 2 rings (SSSR count). The average Bonchev–Trinajstić information content (AvgIpc) is 2.75. The summed E-state index contributed by atoms with van der Waals surface area (Å²) in [5.41, 5.74) is 4.74. The predicted octanol–water partition coefficient (Wildman–Crippen LogP) is 1.36. The molecule has 1 aliphatic rings. The highest BCUT2D eigenvalue weighted by atomic mass is 35.5. The number of hydrogen-bond acceptors (Lipinski definition) is 3. The van der Waals surface area contributed by atoms with Gasteiger partial charge in [0.1, 0.15) is 5.75 Å². The summed E-state index contributed by atoms with van der Waals surface area (Å²) < 4.78 is 5.46. The van der Waals surface area contributed by atoms with Gasteiger partial charge in [0.25, 0.3) is 5.91 Å². The number of carbonyl (C=O) groups excluding carboxylic acids is 1. The standard InChI is InChI=1S/C12H14ClNO3/c1-2-12(16,11(14)15)9-8(13)4-3-7-5-6-17-10(7)9/h3-4,16H,2,5-6H2,1H3,(H2,14,15). The van der Waals surface area contributed by atoms with Crippen LogP contribution in [0.2, 0.25) is 5.02 Å². The Kier molecular flexibility index (Phi) is 3.02. The van der Waals surface area contributed by atoms with Crippen LogP contribution >= 0.6 is 11.6 Å². The van der Waals surface area contributed by atoms with Crippen molar-refractivity contribution in [1.82, 2.24) is 0 Å². The van der Waals surface area contributed by atoms with Crippen molar-refractivity contribution in [3.05, 3.63) is 28.3 Å². The summed E-state index contributed by atoms with van der Waals surface area (Å²) in [6.07, 6.45) is 0.903. The lowest BCUT2D eigenvalue weighted by Crippen LogP contribution is -2.41. The van der Waals surface area contributed by atoms with E-state index in [0.717, 1.165) is 12.0 Å². The molecule has 1 unspecified atom stereocenters. The Labute approximate surface area is 104 Å². The van der Waals surface area contributed by atoms with Crippen molar-refractivity contribution in [1.29, 1.82) is 0 Å². The fourth-order valence-corrected chi connectivity index (χ4v) is 2.39. The molecule has 92 valence electrons. The molecule has 3 N–H and O–H groups in total. The number of nitrogens with two attached hydrogens (primary N) is 1. The van der Waals surface area contributed by atoms with Crippen LogP contribution in [0.1, 0.15) is 24.5 Å². The van der Waals surface area contributed by atoms with E-state index < -0.39 is 11.5 Å². The smallest absolute Gasteiger partial charge is 0.254 e. The molecule has 0 aliphatic carbocycles. The highest BCUT2D eigenvalue weighted by molar-refractivity contribution is 6.32. The number of ether oxygens (including phenoxy) is 1. The number of amides is 1. The van der Waals surface area contributed by atoms with Crippen molar-refractivity contribution in [2.45, 2.75) is 25.4 Å². The van der Waals surface area contributed by atoms with Crippen molar-refractivity contribution in [3.8, 4) is 5.75 Å². The quantitative estimate of drug-likeness (QED) is 0.857. The van der Waals surface area contributed by atoms with Gasteiger partial charge >= 0.3 is 0 Å². The topological polar surface area (TPSA) is 72.5 Å². The second kappa shape index (κ2) is 4.20. The Bertz CT molecular complexity index is 475. The van der Waals surface area contributed by atoms with E-state index in [1.165, 1.54) is 0 Å². The number of halogens is 1. The Morgan fingerprint density at radius 2 is 2.35 bits per heavy atom. The first kappa shape index (κ1) is 12.2. The molecule has 0 fully saturated rings. The van der Waals surface area contributed by atoms with E-state index >= 15 is 0 Å². The maximum Gasteiger partial charge on any atom is 0.254 e. The largest absolute Gasteiger partial charge is 0.492 e. The third kappa shape index (κ3) is 1.77. The Morgan fingerprint density at radius 1 is 1.65 bits per heavy atom. The van der Waals surface area contributed by atoms with Gasteiger partial charge in [-0.1, -0.05) is 24.6 Å². The second-order valence-corrected chi connectivity index (χ2v) is 4.49. The Hall–Kier alpha value is -1.26. The lowest BCUT2D eigenvalue weighted by atomic mass is 9.88. The van der Waals surface area contributed by atoms with E-state index in [9.17, 15) is 9.90 Å². The molecule has 0 saturated heterocycles. The van der Waals surface area contributed by atoms with Gasteiger partial charge in [-0.2, -0.15) is 0 Å². The molecule has 0 saturated carbocycles. The number of benzene rings is 1. The molecule has 1 aliphatic heterocycles. The normalized spacial score (nSPS) is 17.1. The van der Waals surface area contributed by atoms with Crippen LogP contribution in [-0.2, 0) is 16.8 Å². The van der Waals surface area contributed by atoms with Gasteiger partial charge in [-0.15, -0.1) is 0 Å². The molecular formula is C12H14ClNO3. The third-order valence-corrected chi connectivity index (χ3v) is 3.45. The number of primary amides is 1. The maximum absolute atomic E-state index is 11.5.